The fraction of sp³-hybridized carbons (Fsp3) is 1.00. The summed E-state index contributed by atoms with van der Waals surface area (Å²) in [5, 5.41) is 3.77. The predicted octanol–water partition coefficient (Wildman–Crippen LogP) is 2.14. The second-order valence-electron chi connectivity index (χ2n) is 6.75. The molecular formula is C17H34N2O2. The minimum atomic E-state index is 0.561. The highest BCUT2D eigenvalue weighted by Gasteiger charge is 2.34. The molecule has 3 atom stereocenters. The molecule has 2 aliphatic rings. The smallest absolute Gasteiger partial charge is 0.0589 e. The number of rotatable bonds is 11. The molecule has 0 aromatic heterocycles. The van der Waals surface area contributed by atoms with Crippen molar-refractivity contribution in [1.29, 1.82) is 0 Å². The minimum Gasteiger partial charge on any atom is -0.383 e. The molecule has 1 saturated heterocycles. The van der Waals surface area contributed by atoms with E-state index >= 15 is 0 Å². The van der Waals surface area contributed by atoms with Crippen LogP contribution in [-0.4, -0.2) is 63.5 Å². The lowest BCUT2D eigenvalue weighted by molar-refractivity contribution is 0.0961. The Balaban J connectivity index is 1.91. The maximum absolute atomic E-state index is 5.62. The van der Waals surface area contributed by atoms with E-state index < -0.39 is 0 Å². The van der Waals surface area contributed by atoms with E-state index in [-0.39, 0.29) is 0 Å². The molecule has 21 heavy (non-hydrogen) atoms. The van der Waals surface area contributed by atoms with Gasteiger partial charge in [0.05, 0.1) is 13.2 Å². The van der Waals surface area contributed by atoms with E-state index in [2.05, 4.69) is 24.1 Å². The molecule has 0 bridgehead atoms. The molecule has 1 aliphatic heterocycles. The molecular weight excluding hydrogens is 264 g/mol. The number of nitrogens with zero attached hydrogens (tertiary/aromatic N) is 1. The van der Waals surface area contributed by atoms with Gasteiger partial charge in [0.25, 0.3) is 0 Å². The van der Waals surface area contributed by atoms with Gasteiger partial charge in [-0.15, -0.1) is 0 Å². The first-order chi connectivity index (χ1) is 10.3. The predicted molar refractivity (Wildman–Crippen MR) is 86.6 cm³/mol. The van der Waals surface area contributed by atoms with Crippen LogP contribution in [0.1, 0.15) is 39.5 Å². The molecule has 2 fully saturated rings. The van der Waals surface area contributed by atoms with Gasteiger partial charge in [-0.2, -0.15) is 0 Å². The standard InChI is InChI=1S/C17H34N2O2/c1-4-8-18-17(16-7-10-21-13-16)12-19(9-11-20-3)14(2)15-5-6-15/h14-18H,4-13H2,1-3H3. The normalized spacial score (nSPS) is 25.4. The average Bonchev–Trinajstić information content (AvgIpc) is 3.21. The van der Waals surface area contributed by atoms with Crippen LogP contribution in [0.3, 0.4) is 0 Å². The van der Waals surface area contributed by atoms with Crippen LogP contribution >= 0.6 is 0 Å². The van der Waals surface area contributed by atoms with Crippen LogP contribution in [0.4, 0.5) is 0 Å². The Morgan fingerprint density at radius 1 is 1.29 bits per heavy atom. The summed E-state index contributed by atoms with van der Waals surface area (Å²) in [6.45, 7) is 10.6. The first-order valence-corrected chi connectivity index (χ1v) is 8.80. The number of methoxy groups -OCH3 is 1. The number of ether oxygens (including phenoxy) is 2. The summed E-state index contributed by atoms with van der Waals surface area (Å²) < 4.78 is 10.9. The van der Waals surface area contributed by atoms with E-state index in [4.69, 9.17) is 9.47 Å². The molecule has 2 rings (SSSR count). The summed E-state index contributed by atoms with van der Waals surface area (Å²) in [5.41, 5.74) is 0. The van der Waals surface area contributed by atoms with Crippen LogP contribution in [0.5, 0.6) is 0 Å². The molecule has 3 unspecified atom stereocenters. The van der Waals surface area contributed by atoms with Gasteiger partial charge in [0.1, 0.15) is 0 Å². The summed E-state index contributed by atoms with van der Waals surface area (Å²) in [7, 11) is 1.80. The van der Waals surface area contributed by atoms with Gasteiger partial charge in [-0.05, 0) is 45.1 Å². The molecule has 1 N–H and O–H groups in total. The highest BCUT2D eigenvalue weighted by Crippen LogP contribution is 2.35. The van der Waals surface area contributed by atoms with Gasteiger partial charge in [-0.1, -0.05) is 6.92 Å². The molecule has 0 amide bonds. The topological polar surface area (TPSA) is 33.7 Å². The Morgan fingerprint density at radius 3 is 2.67 bits per heavy atom. The van der Waals surface area contributed by atoms with Crippen LogP contribution < -0.4 is 5.32 Å². The lowest BCUT2D eigenvalue weighted by Crippen LogP contribution is -2.50. The molecule has 0 aromatic rings. The third kappa shape index (κ3) is 5.51. The van der Waals surface area contributed by atoms with Crippen molar-refractivity contribution in [2.24, 2.45) is 11.8 Å². The summed E-state index contributed by atoms with van der Waals surface area (Å²) in [6.07, 6.45) is 5.21. The van der Waals surface area contributed by atoms with Crippen molar-refractivity contribution < 1.29 is 9.47 Å². The lowest BCUT2D eigenvalue weighted by atomic mass is 9.97. The summed E-state index contributed by atoms with van der Waals surface area (Å²) >= 11 is 0. The third-order valence-corrected chi connectivity index (χ3v) is 5.08. The largest absolute Gasteiger partial charge is 0.383 e. The Labute approximate surface area is 130 Å². The lowest BCUT2D eigenvalue weighted by Gasteiger charge is -2.35. The Bertz CT molecular complexity index is 266. The summed E-state index contributed by atoms with van der Waals surface area (Å²) in [6, 6.07) is 1.25. The van der Waals surface area contributed by atoms with E-state index in [0.717, 1.165) is 45.4 Å². The molecule has 1 heterocycles. The molecule has 0 radical (unpaired) electrons. The third-order valence-electron chi connectivity index (χ3n) is 5.08. The zero-order chi connectivity index (χ0) is 15.1. The highest BCUT2D eigenvalue weighted by atomic mass is 16.5. The molecule has 0 spiro atoms. The fourth-order valence-corrected chi connectivity index (χ4v) is 3.38. The fourth-order valence-electron chi connectivity index (χ4n) is 3.38. The van der Waals surface area contributed by atoms with E-state index in [1.807, 2.05) is 0 Å². The molecule has 4 nitrogen and oxygen atoms in total. The van der Waals surface area contributed by atoms with Crippen molar-refractivity contribution in [2.75, 3.05) is 46.6 Å². The van der Waals surface area contributed by atoms with E-state index in [1.165, 1.54) is 25.7 Å². The summed E-state index contributed by atoms with van der Waals surface area (Å²) in [4.78, 5) is 2.65. The zero-order valence-electron chi connectivity index (χ0n) is 14.1. The van der Waals surface area contributed by atoms with Crippen molar-refractivity contribution >= 4 is 0 Å². The van der Waals surface area contributed by atoms with Crippen LogP contribution in [0.2, 0.25) is 0 Å². The van der Waals surface area contributed by atoms with Crippen LogP contribution in [0, 0.1) is 11.8 Å². The van der Waals surface area contributed by atoms with Crippen molar-refractivity contribution in [1.82, 2.24) is 10.2 Å². The Kier molecular flexibility index (Phi) is 7.44. The average molecular weight is 298 g/mol. The van der Waals surface area contributed by atoms with Gasteiger partial charge in [0, 0.05) is 44.8 Å². The SMILES string of the molecule is CCCNC(CN(CCOC)C(C)C1CC1)C1CCOC1. The highest BCUT2D eigenvalue weighted by molar-refractivity contribution is 4.89. The molecule has 4 heteroatoms. The molecule has 0 aromatic carbocycles. The Hall–Kier alpha value is -0.160. The van der Waals surface area contributed by atoms with E-state index in [9.17, 15) is 0 Å². The van der Waals surface area contributed by atoms with Gasteiger partial charge >= 0.3 is 0 Å². The van der Waals surface area contributed by atoms with Crippen LogP contribution in [0.25, 0.3) is 0 Å². The zero-order valence-corrected chi connectivity index (χ0v) is 14.1. The van der Waals surface area contributed by atoms with Crippen molar-refractivity contribution in [3.63, 3.8) is 0 Å². The second-order valence-corrected chi connectivity index (χ2v) is 6.75. The first kappa shape index (κ1) is 17.2. The van der Waals surface area contributed by atoms with Crippen molar-refractivity contribution in [2.45, 2.75) is 51.6 Å². The molecule has 1 saturated carbocycles. The molecule has 124 valence electrons. The van der Waals surface area contributed by atoms with E-state index in [0.29, 0.717) is 18.0 Å². The number of nitrogens with one attached hydrogen (secondary N) is 1. The van der Waals surface area contributed by atoms with E-state index in [1.54, 1.807) is 7.11 Å². The van der Waals surface area contributed by atoms with Crippen molar-refractivity contribution in [3.05, 3.63) is 0 Å². The quantitative estimate of drug-likeness (QED) is 0.634. The Morgan fingerprint density at radius 2 is 2.10 bits per heavy atom. The maximum Gasteiger partial charge on any atom is 0.0589 e. The number of hydrogen-bond acceptors (Lipinski definition) is 4. The van der Waals surface area contributed by atoms with Crippen molar-refractivity contribution in [3.8, 4) is 0 Å². The maximum atomic E-state index is 5.62. The number of hydrogen-bond donors (Lipinski definition) is 1. The summed E-state index contributed by atoms with van der Waals surface area (Å²) in [5.74, 6) is 1.58. The van der Waals surface area contributed by atoms with Gasteiger partial charge in [-0.3, -0.25) is 4.90 Å². The second kappa shape index (κ2) is 9.09. The van der Waals surface area contributed by atoms with Gasteiger partial charge in [-0.25, -0.2) is 0 Å². The molecule has 1 aliphatic carbocycles. The monoisotopic (exact) mass is 298 g/mol. The van der Waals surface area contributed by atoms with Gasteiger partial charge in [0.15, 0.2) is 0 Å². The first-order valence-electron chi connectivity index (χ1n) is 8.80. The minimum absolute atomic E-state index is 0.561. The van der Waals surface area contributed by atoms with Crippen LogP contribution in [0.15, 0.2) is 0 Å². The van der Waals surface area contributed by atoms with Crippen LogP contribution in [-0.2, 0) is 9.47 Å². The van der Waals surface area contributed by atoms with Gasteiger partial charge < -0.3 is 14.8 Å². The van der Waals surface area contributed by atoms with Gasteiger partial charge in [0.2, 0.25) is 0 Å².